The molecule has 1 saturated heterocycles. The van der Waals surface area contributed by atoms with E-state index >= 15 is 0 Å². The highest BCUT2D eigenvalue weighted by Gasteiger charge is 2.33. The number of nitrogens with zero attached hydrogens (tertiary/aromatic N) is 1. The van der Waals surface area contributed by atoms with Gasteiger partial charge in [-0.15, -0.1) is 0 Å². The molecule has 0 unspecified atom stereocenters. The molecule has 23 heavy (non-hydrogen) atoms. The first-order chi connectivity index (χ1) is 11.1. The van der Waals surface area contributed by atoms with E-state index < -0.39 is 5.41 Å². The van der Waals surface area contributed by atoms with Crippen molar-refractivity contribution in [1.82, 2.24) is 4.90 Å². The van der Waals surface area contributed by atoms with Crippen molar-refractivity contribution in [2.45, 2.75) is 46.0 Å². The van der Waals surface area contributed by atoms with Gasteiger partial charge in [0, 0.05) is 18.8 Å². The Morgan fingerprint density at radius 2 is 1.78 bits per heavy atom. The lowest BCUT2D eigenvalue weighted by atomic mass is 9.81. The lowest BCUT2D eigenvalue weighted by Gasteiger charge is -2.28. The van der Waals surface area contributed by atoms with Crippen LogP contribution in [0.15, 0.2) is 24.3 Å². The highest BCUT2D eigenvalue weighted by atomic mass is 16.2. The van der Waals surface area contributed by atoms with Crippen molar-refractivity contribution < 1.29 is 4.79 Å². The van der Waals surface area contributed by atoms with Crippen LogP contribution in [0.1, 0.15) is 45.1 Å². The van der Waals surface area contributed by atoms with E-state index in [2.05, 4.69) is 22.3 Å². The Hall–Kier alpha value is -1.39. The van der Waals surface area contributed by atoms with Crippen LogP contribution in [-0.2, 0) is 11.2 Å². The molecule has 0 aromatic heterocycles. The highest BCUT2D eigenvalue weighted by Crippen LogP contribution is 2.27. The van der Waals surface area contributed by atoms with Gasteiger partial charge >= 0.3 is 0 Å². The number of nitrogens with two attached hydrogens (primary N) is 1. The molecule has 4 nitrogen and oxygen atoms in total. The Morgan fingerprint density at radius 1 is 1.17 bits per heavy atom. The second-order valence-electron chi connectivity index (χ2n) is 6.64. The van der Waals surface area contributed by atoms with Crippen molar-refractivity contribution in [3.63, 3.8) is 0 Å². The molecule has 128 valence electrons. The van der Waals surface area contributed by atoms with Gasteiger partial charge in [0.15, 0.2) is 0 Å². The zero-order valence-electron chi connectivity index (χ0n) is 14.6. The summed E-state index contributed by atoms with van der Waals surface area (Å²) in [5.74, 6) is 0.0369. The monoisotopic (exact) mass is 317 g/mol. The average molecular weight is 317 g/mol. The third-order valence-electron chi connectivity index (χ3n) is 5.35. The molecule has 0 spiro atoms. The summed E-state index contributed by atoms with van der Waals surface area (Å²) >= 11 is 0. The second-order valence-corrected chi connectivity index (χ2v) is 6.64. The van der Waals surface area contributed by atoms with Gasteiger partial charge in [-0.2, -0.15) is 0 Å². The van der Waals surface area contributed by atoms with Crippen LogP contribution >= 0.6 is 0 Å². The Bertz CT molecular complexity index is 480. The average Bonchev–Trinajstić information content (AvgIpc) is 3.10. The minimum atomic E-state index is -0.450. The maximum atomic E-state index is 12.5. The van der Waals surface area contributed by atoms with Gasteiger partial charge in [-0.3, -0.25) is 4.79 Å². The number of carbonyl (C=O) groups excluding carboxylic acids is 1. The van der Waals surface area contributed by atoms with Gasteiger partial charge in [0.25, 0.3) is 0 Å². The number of hydrogen-bond acceptors (Lipinski definition) is 3. The minimum absolute atomic E-state index is 0.0369. The fourth-order valence-corrected chi connectivity index (χ4v) is 3.26. The molecule has 2 rings (SSSR count). The maximum Gasteiger partial charge on any atom is 0.231 e. The Balaban J connectivity index is 1.90. The number of amides is 1. The predicted octanol–water partition coefficient (Wildman–Crippen LogP) is 3.03. The summed E-state index contributed by atoms with van der Waals surface area (Å²) in [4.78, 5) is 15.0. The van der Waals surface area contributed by atoms with Crippen LogP contribution in [0.4, 0.5) is 5.69 Å². The summed E-state index contributed by atoms with van der Waals surface area (Å²) in [6.45, 7) is 8.05. The van der Waals surface area contributed by atoms with Crippen LogP contribution in [0.25, 0.3) is 0 Å². The molecule has 3 N–H and O–H groups in total. The molecular weight excluding hydrogens is 286 g/mol. The molecule has 1 aliphatic heterocycles. The molecule has 1 aromatic carbocycles. The van der Waals surface area contributed by atoms with E-state index in [1.165, 1.54) is 31.5 Å². The van der Waals surface area contributed by atoms with E-state index in [1.807, 2.05) is 26.0 Å². The van der Waals surface area contributed by atoms with E-state index in [4.69, 9.17) is 5.73 Å². The number of hydrogen-bond donors (Lipinski definition) is 2. The smallest absolute Gasteiger partial charge is 0.231 e. The summed E-state index contributed by atoms with van der Waals surface area (Å²) in [6, 6.07) is 8.25. The van der Waals surface area contributed by atoms with Crippen LogP contribution in [0.3, 0.4) is 0 Å². The Morgan fingerprint density at radius 3 is 2.30 bits per heavy atom. The molecule has 4 heteroatoms. The molecule has 1 aromatic rings. The van der Waals surface area contributed by atoms with Crippen LogP contribution in [0.5, 0.6) is 0 Å². The maximum absolute atomic E-state index is 12.5. The van der Waals surface area contributed by atoms with Crippen LogP contribution < -0.4 is 11.1 Å². The van der Waals surface area contributed by atoms with Crippen molar-refractivity contribution >= 4 is 11.6 Å². The molecule has 0 aliphatic carbocycles. The number of anilines is 1. The normalized spacial score (nSPS) is 15.8. The number of rotatable bonds is 8. The van der Waals surface area contributed by atoms with E-state index in [1.54, 1.807) is 0 Å². The molecule has 1 fully saturated rings. The van der Waals surface area contributed by atoms with E-state index in [9.17, 15) is 4.79 Å². The fraction of sp³-hybridized carbons (Fsp3) is 0.632. The summed E-state index contributed by atoms with van der Waals surface area (Å²) in [5.41, 5.74) is 7.58. The highest BCUT2D eigenvalue weighted by molar-refractivity contribution is 5.95. The second kappa shape index (κ2) is 8.46. The molecule has 0 radical (unpaired) electrons. The Kier molecular flexibility index (Phi) is 6.60. The van der Waals surface area contributed by atoms with E-state index in [0.717, 1.165) is 31.5 Å². The van der Waals surface area contributed by atoms with Crippen molar-refractivity contribution in [3.8, 4) is 0 Å². The van der Waals surface area contributed by atoms with Crippen molar-refractivity contribution in [2.75, 3.05) is 31.5 Å². The summed E-state index contributed by atoms with van der Waals surface area (Å²) in [7, 11) is 0. The van der Waals surface area contributed by atoms with Gasteiger partial charge in [-0.1, -0.05) is 26.0 Å². The SMILES string of the molecule is CCC(CC)(CN)C(=O)Nc1ccc(CCN2CCCC2)cc1. The van der Waals surface area contributed by atoms with Gasteiger partial charge in [0.1, 0.15) is 0 Å². The van der Waals surface area contributed by atoms with Crippen LogP contribution in [0, 0.1) is 5.41 Å². The number of likely N-dealkylation sites (tertiary alicyclic amines) is 1. The molecule has 0 bridgehead atoms. The molecule has 0 atom stereocenters. The summed E-state index contributed by atoms with van der Waals surface area (Å²) in [6.07, 6.45) is 5.27. The van der Waals surface area contributed by atoms with Crippen molar-refractivity contribution in [2.24, 2.45) is 11.1 Å². The lowest BCUT2D eigenvalue weighted by Crippen LogP contribution is -2.41. The topological polar surface area (TPSA) is 58.4 Å². The third-order valence-corrected chi connectivity index (χ3v) is 5.35. The fourth-order valence-electron chi connectivity index (χ4n) is 3.26. The van der Waals surface area contributed by atoms with Crippen molar-refractivity contribution in [3.05, 3.63) is 29.8 Å². The van der Waals surface area contributed by atoms with Crippen LogP contribution in [0.2, 0.25) is 0 Å². The number of carbonyl (C=O) groups is 1. The van der Waals surface area contributed by atoms with Gasteiger partial charge in [-0.25, -0.2) is 0 Å². The summed E-state index contributed by atoms with van der Waals surface area (Å²) in [5, 5.41) is 3.03. The third kappa shape index (κ3) is 4.55. The predicted molar refractivity (Wildman–Crippen MR) is 96.5 cm³/mol. The first kappa shape index (κ1) is 18.0. The number of benzene rings is 1. The largest absolute Gasteiger partial charge is 0.329 e. The van der Waals surface area contributed by atoms with E-state index in [-0.39, 0.29) is 5.91 Å². The van der Waals surface area contributed by atoms with Gasteiger partial charge < -0.3 is 16.0 Å². The number of nitrogens with one attached hydrogen (secondary N) is 1. The van der Waals surface area contributed by atoms with Gasteiger partial charge in [0.05, 0.1) is 5.41 Å². The first-order valence-electron chi connectivity index (χ1n) is 8.96. The van der Waals surface area contributed by atoms with Gasteiger partial charge in [0.2, 0.25) is 5.91 Å². The minimum Gasteiger partial charge on any atom is -0.329 e. The van der Waals surface area contributed by atoms with Crippen molar-refractivity contribution in [1.29, 1.82) is 0 Å². The zero-order chi connectivity index (χ0) is 16.7. The molecule has 1 aliphatic rings. The lowest BCUT2D eigenvalue weighted by molar-refractivity contribution is -0.125. The zero-order valence-corrected chi connectivity index (χ0v) is 14.6. The summed E-state index contributed by atoms with van der Waals surface area (Å²) < 4.78 is 0. The first-order valence-corrected chi connectivity index (χ1v) is 8.96. The molecule has 0 saturated carbocycles. The van der Waals surface area contributed by atoms with Crippen LogP contribution in [-0.4, -0.2) is 37.0 Å². The molecular formula is C19H31N3O. The molecule has 1 heterocycles. The molecule has 1 amide bonds. The quantitative estimate of drug-likeness (QED) is 0.775. The standard InChI is InChI=1S/C19H31N3O/c1-3-19(4-2,15-20)18(23)21-17-9-7-16(8-10-17)11-14-22-12-5-6-13-22/h7-10H,3-6,11-15,20H2,1-2H3,(H,21,23). The van der Waals surface area contributed by atoms with E-state index in [0.29, 0.717) is 6.54 Å². The van der Waals surface area contributed by atoms with Gasteiger partial charge in [-0.05, 0) is 62.9 Å². The Labute approximate surface area is 140 Å².